The third-order valence-electron chi connectivity index (χ3n) is 4.22. The summed E-state index contributed by atoms with van der Waals surface area (Å²) in [5, 5.41) is 13.1. The highest BCUT2D eigenvalue weighted by molar-refractivity contribution is 5.35. The van der Waals surface area contributed by atoms with Crippen molar-refractivity contribution in [1.29, 1.82) is 0 Å². The molecule has 0 aliphatic heterocycles. The topological polar surface area (TPSA) is 32.3 Å². The fourth-order valence-electron chi connectivity index (χ4n) is 2.69. The first kappa shape index (κ1) is 13.2. The highest BCUT2D eigenvalue weighted by atomic mass is 16.3. The second kappa shape index (κ2) is 5.68. The van der Waals surface area contributed by atoms with Crippen LogP contribution in [-0.2, 0) is 0 Å². The van der Waals surface area contributed by atoms with Gasteiger partial charge in [0.1, 0.15) is 5.75 Å². The molecule has 0 bridgehead atoms. The highest BCUT2D eigenvalue weighted by Crippen LogP contribution is 2.37. The van der Waals surface area contributed by atoms with Crippen molar-refractivity contribution in [3.63, 3.8) is 0 Å². The van der Waals surface area contributed by atoms with Gasteiger partial charge in [0.15, 0.2) is 0 Å². The number of rotatable bonds is 5. The van der Waals surface area contributed by atoms with Gasteiger partial charge in [0.25, 0.3) is 0 Å². The van der Waals surface area contributed by atoms with Gasteiger partial charge in [-0.2, -0.15) is 0 Å². The summed E-state index contributed by atoms with van der Waals surface area (Å²) >= 11 is 0. The lowest BCUT2D eigenvalue weighted by atomic mass is 9.98. The second-order valence-corrected chi connectivity index (χ2v) is 5.82. The molecular formula is C18H21NO. The van der Waals surface area contributed by atoms with Crippen LogP contribution in [0.4, 0.5) is 0 Å². The zero-order valence-corrected chi connectivity index (χ0v) is 11.8. The second-order valence-electron chi connectivity index (χ2n) is 5.82. The van der Waals surface area contributed by atoms with Gasteiger partial charge in [-0.15, -0.1) is 0 Å². The van der Waals surface area contributed by atoms with Crippen molar-refractivity contribution in [1.82, 2.24) is 5.32 Å². The Hall–Kier alpha value is -1.80. The molecule has 1 fully saturated rings. The molecule has 20 heavy (non-hydrogen) atoms. The Morgan fingerprint density at radius 1 is 1.05 bits per heavy atom. The Labute approximate surface area is 120 Å². The van der Waals surface area contributed by atoms with Crippen molar-refractivity contribution in [2.24, 2.45) is 11.8 Å². The zero-order valence-electron chi connectivity index (χ0n) is 11.8. The molecule has 2 N–H and O–H groups in total. The standard InChI is InChI=1S/C18H21NO/c1-13-11-16(13)12-19-18(14-5-3-2-4-6-14)15-7-9-17(20)10-8-15/h2-10,13,16,18-20H,11-12H2,1H3. The maximum absolute atomic E-state index is 9.45. The van der Waals surface area contributed by atoms with Crippen LogP contribution in [0, 0.1) is 11.8 Å². The summed E-state index contributed by atoms with van der Waals surface area (Å²) in [5.41, 5.74) is 2.47. The van der Waals surface area contributed by atoms with Gasteiger partial charge in [-0.05, 0) is 48.1 Å². The van der Waals surface area contributed by atoms with Gasteiger partial charge >= 0.3 is 0 Å². The summed E-state index contributed by atoms with van der Waals surface area (Å²) in [4.78, 5) is 0. The Bertz CT molecular complexity index is 549. The maximum Gasteiger partial charge on any atom is 0.115 e. The Balaban J connectivity index is 1.80. The van der Waals surface area contributed by atoms with E-state index in [1.54, 1.807) is 12.1 Å². The van der Waals surface area contributed by atoms with E-state index in [4.69, 9.17) is 0 Å². The van der Waals surface area contributed by atoms with Crippen molar-refractivity contribution in [2.75, 3.05) is 6.54 Å². The molecule has 0 amide bonds. The van der Waals surface area contributed by atoms with Gasteiger partial charge < -0.3 is 10.4 Å². The van der Waals surface area contributed by atoms with Crippen LogP contribution in [0.3, 0.4) is 0 Å². The number of hydrogen-bond donors (Lipinski definition) is 2. The molecule has 104 valence electrons. The van der Waals surface area contributed by atoms with E-state index >= 15 is 0 Å². The first-order valence-electron chi connectivity index (χ1n) is 7.31. The summed E-state index contributed by atoms with van der Waals surface area (Å²) in [6, 6.07) is 18.2. The minimum absolute atomic E-state index is 0.199. The number of aromatic hydroxyl groups is 1. The zero-order chi connectivity index (χ0) is 13.9. The summed E-state index contributed by atoms with van der Waals surface area (Å²) in [6.45, 7) is 3.37. The van der Waals surface area contributed by atoms with Gasteiger partial charge in [0, 0.05) is 0 Å². The van der Waals surface area contributed by atoms with E-state index in [1.807, 2.05) is 18.2 Å². The molecule has 1 aliphatic rings. The first-order chi connectivity index (χ1) is 9.74. The van der Waals surface area contributed by atoms with Crippen LogP contribution in [0.15, 0.2) is 54.6 Å². The monoisotopic (exact) mass is 267 g/mol. The number of nitrogens with one attached hydrogen (secondary N) is 1. The molecule has 2 nitrogen and oxygen atoms in total. The average Bonchev–Trinajstić information content (AvgIpc) is 3.18. The smallest absolute Gasteiger partial charge is 0.115 e. The molecule has 1 aliphatic carbocycles. The third-order valence-corrected chi connectivity index (χ3v) is 4.22. The normalized spacial score (nSPS) is 22.4. The SMILES string of the molecule is CC1CC1CNC(c1ccccc1)c1ccc(O)cc1. The molecule has 0 heterocycles. The van der Waals surface area contributed by atoms with E-state index < -0.39 is 0 Å². The molecule has 2 aromatic carbocycles. The van der Waals surface area contributed by atoms with Gasteiger partial charge in [-0.1, -0.05) is 49.4 Å². The molecule has 1 saturated carbocycles. The molecule has 0 radical (unpaired) electrons. The van der Waals surface area contributed by atoms with Crippen LogP contribution in [0.1, 0.15) is 30.5 Å². The van der Waals surface area contributed by atoms with E-state index in [2.05, 4.69) is 36.5 Å². The summed E-state index contributed by atoms with van der Waals surface area (Å²) < 4.78 is 0. The Morgan fingerprint density at radius 3 is 2.25 bits per heavy atom. The molecule has 0 saturated heterocycles. The molecule has 3 rings (SSSR count). The predicted octanol–water partition coefficient (Wildman–Crippen LogP) is 3.73. The summed E-state index contributed by atoms with van der Waals surface area (Å²) in [7, 11) is 0. The molecule has 3 unspecified atom stereocenters. The minimum atomic E-state index is 0.199. The summed E-state index contributed by atoms with van der Waals surface area (Å²) in [5.74, 6) is 1.99. The van der Waals surface area contributed by atoms with E-state index in [0.29, 0.717) is 5.75 Å². The summed E-state index contributed by atoms with van der Waals surface area (Å²) in [6.07, 6.45) is 1.34. The molecule has 2 aromatic rings. The predicted molar refractivity (Wildman–Crippen MR) is 81.7 cm³/mol. The lowest BCUT2D eigenvalue weighted by Crippen LogP contribution is -2.24. The lowest BCUT2D eigenvalue weighted by molar-refractivity contribution is 0.474. The van der Waals surface area contributed by atoms with Crippen molar-refractivity contribution in [2.45, 2.75) is 19.4 Å². The number of benzene rings is 2. The third kappa shape index (κ3) is 3.02. The fraction of sp³-hybridized carbons (Fsp3) is 0.333. The minimum Gasteiger partial charge on any atom is -0.508 e. The van der Waals surface area contributed by atoms with Crippen LogP contribution >= 0.6 is 0 Å². The van der Waals surface area contributed by atoms with Gasteiger partial charge in [0.2, 0.25) is 0 Å². The van der Waals surface area contributed by atoms with Crippen LogP contribution < -0.4 is 5.32 Å². The van der Waals surface area contributed by atoms with Gasteiger partial charge in [-0.3, -0.25) is 0 Å². The highest BCUT2D eigenvalue weighted by Gasteiger charge is 2.32. The van der Waals surface area contributed by atoms with Crippen molar-refractivity contribution in [3.05, 3.63) is 65.7 Å². The molecule has 3 atom stereocenters. The number of hydrogen-bond acceptors (Lipinski definition) is 2. The van der Waals surface area contributed by atoms with E-state index in [0.717, 1.165) is 18.4 Å². The van der Waals surface area contributed by atoms with E-state index in [9.17, 15) is 5.11 Å². The first-order valence-corrected chi connectivity index (χ1v) is 7.31. The quantitative estimate of drug-likeness (QED) is 0.865. The molecule has 0 spiro atoms. The van der Waals surface area contributed by atoms with E-state index in [1.165, 1.54) is 17.5 Å². The molecule has 2 heteroatoms. The van der Waals surface area contributed by atoms with Gasteiger partial charge in [-0.25, -0.2) is 0 Å². The molecule has 0 aromatic heterocycles. The van der Waals surface area contributed by atoms with Crippen molar-refractivity contribution >= 4 is 0 Å². The average molecular weight is 267 g/mol. The van der Waals surface area contributed by atoms with Crippen LogP contribution in [-0.4, -0.2) is 11.7 Å². The number of phenols is 1. The lowest BCUT2D eigenvalue weighted by Gasteiger charge is -2.20. The van der Waals surface area contributed by atoms with Crippen LogP contribution in [0.25, 0.3) is 0 Å². The Morgan fingerprint density at radius 2 is 1.65 bits per heavy atom. The molecular weight excluding hydrogens is 246 g/mol. The fourth-order valence-corrected chi connectivity index (χ4v) is 2.69. The van der Waals surface area contributed by atoms with E-state index in [-0.39, 0.29) is 6.04 Å². The van der Waals surface area contributed by atoms with Crippen molar-refractivity contribution in [3.8, 4) is 5.75 Å². The van der Waals surface area contributed by atoms with Crippen LogP contribution in [0.2, 0.25) is 0 Å². The largest absolute Gasteiger partial charge is 0.508 e. The van der Waals surface area contributed by atoms with Gasteiger partial charge in [0.05, 0.1) is 6.04 Å². The number of phenolic OH excluding ortho intramolecular Hbond substituents is 1. The maximum atomic E-state index is 9.45. The van der Waals surface area contributed by atoms with Crippen molar-refractivity contribution < 1.29 is 5.11 Å². The Kier molecular flexibility index (Phi) is 3.75. The van der Waals surface area contributed by atoms with Crippen LogP contribution in [0.5, 0.6) is 5.75 Å².